The maximum atomic E-state index is 14.8. The Morgan fingerprint density at radius 3 is 1.37 bits per heavy atom. The zero-order valence-corrected chi connectivity index (χ0v) is 46.8. The van der Waals surface area contributed by atoms with Gasteiger partial charge in [0.05, 0.1) is 70.9 Å². The van der Waals surface area contributed by atoms with Crippen molar-refractivity contribution in [1.29, 1.82) is 0 Å². The molecule has 0 radical (unpaired) electrons. The SMILES string of the molecule is CC#C[C@@H](C)Oc1cnc2c(Cc3ccc4c(c3)[C@@]3(C)N=C(N)C(C)(C)S(=O)(=O)[C@@H]3CCO4)ncc(F)c2c1.CC#C[C@H](C)Oc1cnc2c(Cc3ccc4c(c3)[C@@]3(C)N=C(N)C(C)(C)S(=O)(=O)[C@@H]3CCO4)ncc(F)c2c1. The second-order valence-corrected chi connectivity index (χ2v) is 26.6. The average molecular weight is 1100 g/mol. The largest absolute Gasteiger partial charge is 0.493 e. The topological polar surface area (TPSA) is 234 Å². The molecule has 0 unspecified atom stereocenters. The smallest absolute Gasteiger partial charge is 0.168 e. The molecule has 78 heavy (non-hydrogen) atoms. The Bertz CT molecular complexity index is 3600. The Hall–Kier alpha value is -7.42. The van der Waals surface area contributed by atoms with Crippen LogP contribution in [0.3, 0.4) is 0 Å². The summed E-state index contributed by atoms with van der Waals surface area (Å²) in [4.78, 5) is 27.1. The summed E-state index contributed by atoms with van der Waals surface area (Å²) in [6.45, 7) is 17.5. The highest BCUT2D eigenvalue weighted by Crippen LogP contribution is 2.50. The second kappa shape index (κ2) is 20.4. The van der Waals surface area contributed by atoms with E-state index in [2.05, 4.69) is 43.6 Å². The van der Waals surface area contributed by atoms with Crippen molar-refractivity contribution < 1.29 is 44.6 Å². The maximum absolute atomic E-state index is 14.8. The van der Waals surface area contributed by atoms with Crippen molar-refractivity contribution in [3.8, 4) is 46.7 Å². The van der Waals surface area contributed by atoms with E-state index in [1.165, 1.54) is 24.8 Å². The van der Waals surface area contributed by atoms with Crippen LogP contribution in [0.15, 0.2) is 83.3 Å². The molecule has 0 bridgehead atoms. The van der Waals surface area contributed by atoms with Crippen LogP contribution in [0.1, 0.15) is 116 Å². The fourth-order valence-corrected chi connectivity index (χ4v) is 15.2. The number of rotatable bonds is 8. The van der Waals surface area contributed by atoms with E-state index in [9.17, 15) is 25.6 Å². The molecule has 8 heterocycles. The maximum Gasteiger partial charge on any atom is 0.168 e. The molecule has 0 spiro atoms. The van der Waals surface area contributed by atoms with E-state index in [1.807, 2.05) is 36.4 Å². The third kappa shape index (κ3) is 9.60. The molecule has 20 heteroatoms. The Kier molecular flexibility index (Phi) is 14.5. The van der Waals surface area contributed by atoms with Gasteiger partial charge < -0.3 is 30.4 Å². The molecule has 10 rings (SSSR count). The molecule has 0 aliphatic carbocycles. The minimum absolute atomic E-state index is 0.0761. The van der Waals surface area contributed by atoms with Gasteiger partial charge in [0.15, 0.2) is 43.5 Å². The van der Waals surface area contributed by atoms with Crippen molar-refractivity contribution in [2.24, 2.45) is 21.5 Å². The van der Waals surface area contributed by atoms with E-state index in [1.54, 1.807) is 81.4 Å². The van der Waals surface area contributed by atoms with Crippen molar-refractivity contribution in [1.82, 2.24) is 19.9 Å². The van der Waals surface area contributed by atoms with Crippen LogP contribution >= 0.6 is 0 Å². The summed E-state index contributed by atoms with van der Waals surface area (Å²) in [5.74, 6) is 12.5. The van der Waals surface area contributed by atoms with Gasteiger partial charge in [0, 0.05) is 47.6 Å². The van der Waals surface area contributed by atoms with E-state index >= 15 is 0 Å². The molecule has 16 nitrogen and oxygen atoms in total. The van der Waals surface area contributed by atoms with Crippen LogP contribution in [0.25, 0.3) is 21.8 Å². The molecular weight excluding hydrogens is 1040 g/mol. The van der Waals surface area contributed by atoms with E-state index in [-0.39, 0.29) is 47.9 Å². The zero-order valence-electron chi connectivity index (χ0n) is 45.2. The highest BCUT2D eigenvalue weighted by Gasteiger charge is 2.59. The lowest BCUT2D eigenvalue weighted by atomic mass is 9.85. The number of hydrogen-bond acceptors (Lipinski definition) is 16. The van der Waals surface area contributed by atoms with Crippen LogP contribution in [0.2, 0.25) is 0 Å². The van der Waals surface area contributed by atoms with Crippen molar-refractivity contribution in [2.75, 3.05) is 13.2 Å². The molecule has 4 aromatic heterocycles. The predicted octanol–water partition coefficient (Wildman–Crippen LogP) is 8.16. The number of benzene rings is 2. The van der Waals surface area contributed by atoms with Gasteiger partial charge in [-0.25, -0.2) is 25.6 Å². The molecule has 6 aromatic rings. The highest BCUT2D eigenvalue weighted by molar-refractivity contribution is 7.94. The lowest BCUT2D eigenvalue weighted by Crippen LogP contribution is -2.59. The van der Waals surface area contributed by atoms with E-state index in [0.29, 0.717) is 82.2 Å². The first-order valence-corrected chi connectivity index (χ1v) is 28.6. The third-order valence-corrected chi connectivity index (χ3v) is 21.5. The molecule has 6 atom stereocenters. The monoisotopic (exact) mass is 1100 g/mol. The van der Waals surface area contributed by atoms with Gasteiger partial charge in [-0.15, -0.1) is 11.8 Å². The molecule has 2 aromatic carbocycles. The normalized spacial score (nSPS) is 23.6. The van der Waals surface area contributed by atoms with E-state index in [0.717, 1.165) is 11.1 Å². The Labute approximate surface area is 453 Å². The second-order valence-electron chi connectivity index (χ2n) is 21.2. The number of amidine groups is 2. The number of fused-ring (bicyclic) bond motifs is 8. The van der Waals surface area contributed by atoms with Crippen molar-refractivity contribution in [3.05, 3.63) is 119 Å². The first-order valence-electron chi connectivity index (χ1n) is 25.5. The fraction of sp³-hybridized carbons (Fsp3) is 0.414. The van der Waals surface area contributed by atoms with Crippen LogP contribution in [-0.2, 0) is 43.6 Å². The minimum atomic E-state index is -3.68. The molecule has 0 saturated carbocycles. The van der Waals surface area contributed by atoms with Crippen LogP contribution in [0.4, 0.5) is 8.78 Å². The summed E-state index contributed by atoms with van der Waals surface area (Å²) >= 11 is 0. The van der Waals surface area contributed by atoms with Crippen LogP contribution in [0, 0.1) is 35.3 Å². The van der Waals surface area contributed by atoms with Gasteiger partial charge in [0.2, 0.25) is 0 Å². The molecule has 4 aliphatic heterocycles. The molecule has 4 aliphatic rings. The van der Waals surface area contributed by atoms with Crippen molar-refractivity contribution in [3.63, 3.8) is 0 Å². The molecule has 408 valence electrons. The fourth-order valence-electron chi connectivity index (χ4n) is 10.7. The Morgan fingerprint density at radius 2 is 1.00 bits per heavy atom. The van der Waals surface area contributed by atoms with E-state index < -0.39 is 62.4 Å². The Morgan fingerprint density at radius 1 is 0.615 bits per heavy atom. The van der Waals surface area contributed by atoms with Crippen molar-refractivity contribution in [2.45, 2.75) is 138 Å². The number of nitrogens with zero attached hydrogens (tertiary/aromatic N) is 6. The Balaban J connectivity index is 0.000000190. The van der Waals surface area contributed by atoms with Crippen LogP contribution in [-0.4, -0.2) is 93.9 Å². The molecule has 0 saturated heterocycles. The standard InChI is InChI=1S/2C29H31FN4O4S/c2*1-6-7-17(2)38-19-14-20-22(30)16-32-23(26(20)33-15-19)13-18-8-9-24-21(12-18)29(5)25(10-11-37-24)39(35,36)28(3,4)27(31)34-29/h2*8-9,12,14-17,25H,10-11,13H2,1-5H3,(H2,31,34)/t17-,25+,29+;17-,25-,29-/m01/s1. The van der Waals surface area contributed by atoms with Gasteiger partial charge in [-0.2, -0.15) is 0 Å². The predicted molar refractivity (Wildman–Crippen MR) is 296 cm³/mol. The highest BCUT2D eigenvalue weighted by atomic mass is 32.2. The first kappa shape index (κ1) is 55.3. The lowest BCUT2D eigenvalue weighted by molar-refractivity contribution is 0.278. The molecule has 0 amide bonds. The van der Waals surface area contributed by atoms with Crippen LogP contribution < -0.4 is 30.4 Å². The number of pyridine rings is 4. The summed E-state index contributed by atoms with van der Waals surface area (Å²) in [5.41, 5.74) is 15.1. The number of ether oxygens (including phenoxy) is 4. The average Bonchev–Trinajstić information content (AvgIpc) is 3.60. The molecule has 0 fully saturated rings. The number of hydrogen-bond donors (Lipinski definition) is 2. The summed E-state index contributed by atoms with van der Waals surface area (Å²) in [6.07, 6.45) is 5.92. The number of nitrogens with two attached hydrogens (primary N) is 2. The van der Waals surface area contributed by atoms with Gasteiger partial charge in [0.25, 0.3) is 0 Å². The summed E-state index contributed by atoms with van der Waals surface area (Å²) in [5, 5.41) is -1.02. The number of aromatic nitrogens is 4. The first-order chi connectivity index (χ1) is 36.8. The van der Waals surface area contributed by atoms with Gasteiger partial charge in [-0.3, -0.25) is 29.9 Å². The van der Waals surface area contributed by atoms with Crippen LogP contribution in [0.5, 0.6) is 23.0 Å². The minimum Gasteiger partial charge on any atom is -0.493 e. The lowest BCUT2D eigenvalue weighted by Gasteiger charge is -2.43. The third-order valence-electron chi connectivity index (χ3n) is 15.3. The number of halogens is 2. The van der Waals surface area contributed by atoms with Gasteiger partial charge >= 0.3 is 0 Å². The van der Waals surface area contributed by atoms with Gasteiger partial charge in [0.1, 0.15) is 55.2 Å². The molecule has 4 N–H and O–H groups in total. The van der Waals surface area contributed by atoms with E-state index in [4.69, 9.17) is 40.4 Å². The number of sulfone groups is 2. The summed E-state index contributed by atoms with van der Waals surface area (Å²) < 4.78 is 105. The quantitative estimate of drug-likeness (QED) is 0.137. The zero-order chi connectivity index (χ0) is 56.3. The van der Waals surface area contributed by atoms with Gasteiger partial charge in [-0.05, 0) is 117 Å². The summed E-state index contributed by atoms with van der Waals surface area (Å²) in [7, 11) is -7.36. The number of aliphatic imine (C=N–C) groups is 2. The molecular formula is C58H62F2N8O8S2. The van der Waals surface area contributed by atoms with Crippen molar-refractivity contribution >= 4 is 53.2 Å². The summed E-state index contributed by atoms with van der Waals surface area (Å²) in [6, 6.07) is 14.4. The van der Waals surface area contributed by atoms with Gasteiger partial charge in [-0.1, -0.05) is 24.0 Å².